The number of hydrogen-bond acceptors (Lipinski definition) is 3. The summed E-state index contributed by atoms with van der Waals surface area (Å²) in [5.41, 5.74) is 9.88. The van der Waals surface area contributed by atoms with Gasteiger partial charge in [0.25, 0.3) is 0 Å². The van der Waals surface area contributed by atoms with Crippen LogP contribution in [-0.4, -0.2) is 13.1 Å². The molecule has 0 aliphatic heterocycles. The first-order valence-electron chi connectivity index (χ1n) is 6.45. The highest BCUT2D eigenvalue weighted by atomic mass is 16.5. The highest BCUT2D eigenvalue weighted by Gasteiger charge is 2.23. The molecule has 0 saturated heterocycles. The zero-order chi connectivity index (χ0) is 13.7. The largest absolute Gasteiger partial charge is 0.469 e. The van der Waals surface area contributed by atoms with E-state index in [0.717, 1.165) is 36.0 Å². The van der Waals surface area contributed by atoms with Gasteiger partial charge in [0.15, 0.2) is 0 Å². The van der Waals surface area contributed by atoms with Crippen LogP contribution < -0.4 is 5.73 Å². The summed E-state index contributed by atoms with van der Waals surface area (Å²) in [5, 5.41) is 0. The fourth-order valence-corrected chi connectivity index (χ4v) is 2.25. The standard InChI is InChI=1S/C15H23NO2/c1-5-6-7-12(15(17)18-4)13-9-10(2)8-11(3)14(13)16/h8-9,12H,5-7,16H2,1-4H3. The van der Waals surface area contributed by atoms with Crippen LogP contribution in [0.2, 0.25) is 0 Å². The van der Waals surface area contributed by atoms with Gasteiger partial charge >= 0.3 is 5.97 Å². The van der Waals surface area contributed by atoms with Gasteiger partial charge in [-0.15, -0.1) is 0 Å². The number of nitrogen functional groups attached to an aromatic ring is 1. The van der Waals surface area contributed by atoms with Gasteiger partial charge in [-0.25, -0.2) is 0 Å². The summed E-state index contributed by atoms with van der Waals surface area (Å²) >= 11 is 0. The Morgan fingerprint density at radius 1 is 1.39 bits per heavy atom. The first-order valence-corrected chi connectivity index (χ1v) is 6.45. The van der Waals surface area contributed by atoms with Gasteiger partial charge in [-0.2, -0.15) is 0 Å². The number of carbonyl (C=O) groups excluding carboxylic acids is 1. The number of aryl methyl sites for hydroxylation is 2. The van der Waals surface area contributed by atoms with Crippen LogP contribution in [0.1, 0.15) is 48.8 Å². The van der Waals surface area contributed by atoms with E-state index in [1.54, 1.807) is 0 Å². The number of unbranched alkanes of at least 4 members (excludes halogenated alkanes) is 1. The van der Waals surface area contributed by atoms with Crippen LogP contribution >= 0.6 is 0 Å². The van der Waals surface area contributed by atoms with Crippen molar-refractivity contribution in [2.45, 2.75) is 46.0 Å². The van der Waals surface area contributed by atoms with Crippen LogP contribution in [0.5, 0.6) is 0 Å². The SMILES string of the molecule is CCCCC(C(=O)OC)c1cc(C)cc(C)c1N. The third-order valence-electron chi connectivity index (χ3n) is 3.27. The van der Waals surface area contributed by atoms with Gasteiger partial charge in [0, 0.05) is 5.69 Å². The Morgan fingerprint density at radius 3 is 2.61 bits per heavy atom. The molecule has 0 saturated carbocycles. The second kappa shape index (κ2) is 6.43. The third-order valence-corrected chi connectivity index (χ3v) is 3.27. The predicted molar refractivity (Wildman–Crippen MR) is 74.6 cm³/mol. The van der Waals surface area contributed by atoms with E-state index in [9.17, 15) is 4.79 Å². The number of carbonyl (C=O) groups is 1. The maximum absolute atomic E-state index is 11.9. The summed E-state index contributed by atoms with van der Waals surface area (Å²) in [6.07, 6.45) is 2.83. The van der Waals surface area contributed by atoms with Crippen molar-refractivity contribution >= 4 is 11.7 Å². The normalized spacial score (nSPS) is 12.2. The molecule has 0 heterocycles. The van der Waals surface area contributed by atoms with Crippen molar-refractivity contribution in [1.29, 1.82) is 0 Å². The van der Waals surface area contributed by atoms with Crippen LogP contribution in [-0.2, 0) is 9.53 Å². The van der Waals surface area contributed by atoms with E-state index in [-0.39, 0.29) is 11.9 Å². The van der Waals surface area contributed by atoms with Gasteiger partial charge in [-0.1, -0.05) is 37.5 Å². The molecule has 100 valence electrons. The van der Waals surface area contributed by atoms with Gasteiger partial charge in [0.2, 0.25) is 0 Å². The molecule has 0 aliphatic carbocycles. The van der Waals surface area contributed by atoms with E-state index < -0.39 is 0 Å². The van der Waals surface area contributed by atoms with Crippen LogP contribution in [0, 0.1) is 13.8 Å². The molecular weight excluding hydrogens is 226 g/mol. The minimum atomic E-state index is -0.242. The predicted octanol–water partition coefficient (Wildman–Crippen LogP) is 3.33. The monoisotopic (exact) mass is 249 g/mol. The fourth-order valence-electron chi connectivity index (χ4n) is 2.25. The Balaban J connectivity index is 3.15. The second-order valence-corrected chi connectivity index (χ2v) is 4.80. The minimum Gasteiger partial charge on any atom is -0.469 e. The average Bonchev–Trinajstić information content (AvgIpc) is 2.34. The lowest BCUT2D eigenvalue weighted by Crippen LogP contribution is -2.16. The van der Waals surface area contributed by atoms with Crippen molar-refractivity contribution in [1.82, 2.24) is 0 Å². The number of hydrogen-bond donors (Lipinski definition) is 1. The lowest BCUT2D eigenvalue weighted by molar-refractivity contribution is -0.142. The number of anilines is 1. The molecule has 3 nitrogen and oxygen atoms in total. The Morgan fingerprint density at radius 2 is 2.06 bits per heavy atom. The maximum Gasteiger partial charge on any atom is 0.313 e. The number of ether oxygens (including phenoxy) is 1. The Hall–Kier alpha value is -1.51. The van der Waals surface area contributed by atoms with Crippen molar-refractivity contribution in [3.8, 4) is 0 Å². The summed E-state index contributed by atoms with van der Waals surface area (Å²) in [4.78, 5) is 11.9. The number of nitrogens with two attached hydrogens (primary N) is 1. The molecule has 1 rings (SSSR count). The maximum atomic E-state index is 11.9. The highest BCUT2D eigenvalue weighted by Crippen LogP contribution is 2.31. The van der Waals surface area contributed by atoms with Gasteiger partial charge in [-0.3, -0.25) is 4.79 Å². The smallest absolute Gasteiger partial charge is 0.313 e. The summed E-state index contributed by atoms with van der Waals surface area (Å²) in [5.74, 6) is -0.436. The molecule has 0 fully saturated rings. The molecule has 0 spiro atoms. The van der Waals surface area contributed by atoms with Crippen LogP contribution in [0.25, 0.3) is 0 Å². The lowest BCUT2D eigenvalue weighted by atomic mass is 9.89. The molecule has 18 heavy (non-hydrogen) atoms. The summed E-state index contributed by atoms with van der Waals surface area (Å²) in [6, 6.07) is 4.03. The minimum absolute atomic E-state index is 0.194. The van der Waals surface area contributed by atoms with Crippen LogP contribution in [0.4, 0.5) is 5.69 Å². The molecule has 0 aromatic heterocycles. The zero-order valence-corrected chi connectivity index (χ0v) is 11.7. The molecule has 1 aromatic rings. The molecule has 3 heteroatoms. The van der Waals surface area contributed by atoms with Gasteiger partial charge in [0.05, 0.1) is 13.0 Å². The molecule has 2 N–H and O–H groups in total. The Kier molecular flexibility index (Phi) is 5.20. The van der Waals surface area contributed by atoms with E-state index in [1.165, 1.54) is 7.11 Å². The number of rotatable bonds is 5. The van der Waals surface area contributed by atoms with E-state index in [4.69, 9.17) is 10.5 Å². The van der Waals surface area contributed by atoms with E-state index in [2.05, 4.69) is 6.92 Å². The van der Waals surface area contributed by atoms with Gasteiger partial charge < -0.3 is 10.5 Å². The van der Waals surface area contributed by atoms with E-state index in [1.807, 2.05) is 26.0 Å². The number of benzene rings is 1. The topological polar surface area (TPSA) is 52.3 Å². The molecule has 0 radical (unpaired) electrons. The highest BCUT2D eigenvalue weighted by molar-refractivity contribution is 5.81. The molecule has 0 amide bonds. The average molecular weight is 249 g/mol. The van der Waals surface area contributed by atoms with E-state index in [0.29, 0.717) is 5.69 Å². The molecule has 1 atom stereocenters. The van der Waals surface area contributed by atoms with Crippen molar-refractivity contribution < 1.29 is 9.53 Å². The van der Waals surface area contributed by atoms with Crippen molar-refractivity contribution in [2.75, 3.05) is 12.8 Å². The van der Waals surface area contributed by atoms with E-state index >= 15 is 0 Å². The number of methoxy groups -OCH3 is 1. The first kappa shape index (κ1) is 14.6. The first-order chi connectivity index (χ1) is 8.51. The summed E-state index contributed by atoms with van der Waals surface area (Å²) in [7, 11) is 1.43. The van der Waals surface area contributed by atoms with Crippen LogP contribution in [0.15, 0.2) is 12.1 Å². The third kappa shape index (κ3) is 3.25. The van der Waals surface area contributed by atoms with Crippen molar-refractivity contribution in [2.24, 2.45) is 0 Å². The second-order valence-electron chi connectivity index (χ2n) is 4.80. The quantitative estimate of drug-likeness (QED) is 0.643. The van der Waals surface area contributed by atoms with Crippen molar-refractivity contribution in [3.05, 3.63) is 28.8 Å². The van der Waals surface area contributed by atoms with Gasteiger partial charge in [0.1, 0.15) is 0 Å². The molecule has 0 bridgehead atoms. The van der Waals surface area contributed by atoms with Crippen LogP contribution in [0.3, 0.4) is 0 Å². The Bertz CT molecular complexity index is 427. The summed E-state index contributed by atoms with van der Waals surface area (Å²) in [6.45, 7) is 6.10. The zero-order valence-electron chi connectivity index (χ0n) is 11.7. The van der Waals surface area contributed by atoms with Gasteiger partial charge in [-0.05, 0) is 31.4 Å². The van der Waals surface area contributed by atoms with Crippen molar-refractivity contribution in [3.63, 3.8) is 0 Å². The fraction of sp³-hybridized carbons (Fsp3) is 0.533. The molecule has 1 aromatic carbocycles. The molecule has 1 unspecified atom stereocenters. The molecular formula is C15H23NO2. The Labute approximate surface area is 109 Å². The summed E-state index contributed by atoms with van der Waals surface area (Å²) < 4.78 is 4.90. The number of esters is 1. The lowest BCUT2D eigenvalue weighted by Gasteiger charge is -2.18. The molecule has 0 aliphatic rings.